The molecule has 0 unspecified atom stereocenters. The summed E-state index contributed by atoms with van der Waals surface area (Å²) in [6.45, 7) is 7.27. The molecule has 7 heteroatoms. The van der Waals surface area contributed by atoms with Gasteiger partial charge in [-0.05, 0) is 73.7 Å². The SMILES string of the molecule is CCCN(CCC)C(=O)c1ccc(CSc2c(Cl)ccc3c2CCNCC3)cc1F.Cl. The number of rotatable bonds is 8. The van der Waals surface area contributed by atoms with Crippen LogP contribution in [-0.4, -0.2) is 37.0 Å². The van der Waals surface area contributed by atoms with Crippen LogP contribution in [0.5, 0.6) is 0 Å². The molecule has 0 saturated carbocycles. The van der Waals surface area contributed by atoms with Crippen LogP contribution in [0.1, 0.15) is 53.7 Å². The zero-order valence-corrected chi connectivity index (χ0v) is 20.6. The van der Waals surface area contributed by atoms with Gasteiger partial charge in [0.15, 0.2) is 0 Å². The van der Waals surface area contributed by atoms with Gasteiger partial charge in [0.1, 0.15) is 5.82 Å². The summed E-state index contributed by atoms with van der Waals surface area (Å²) in [4.78, 5) is 15.6. The topological polar surface area (TPSA) is 32.3 Å². The Morgan fingerprint density at radius 1 is 1.13 bits per heavy atom. The number of hydrogen-bond acceptors (Lipinski definition) is 3. The van der Waals surface area contributed by atoms with Crippen molar-refractivity contribution >= 4 is 41.7 Å². The van der Waals surface area contributed by atoms with Gasteiger partial charge in [0.25, 0.3) is 5.91 Å². The largest absolute Gasteiger partial charge is 0.339 e. The highest BCUT2D eigenvalue weighted by molar-refractivity contribution is 7.98. The highest BCUT2D eigenvalue weighted by atomic mass is 35.5. The van der Waals surface area contributed by atoms with Crippen molar-refractivity contribution in [1.82, 2.24) is 10.2 Å². The number of carbonyl (C=O) groups excluding carboxylic acids is 1. The van der Waals surface area contributed by atoms with Crippen molar-refractivity contribution in [3.63, 3.8) is 0 Å². The molecule has 2 aromatic rings. The van der Waals surface area contributed by atoms with Gasteiger partial charge in [-0.25, -0.2) is 4.39 Å². The van der Waals surface area contributed by atoms with Crippen molar-refractivity contribution in [3.8, 4) is 0 Å². The minimum atomic E-state index is -0.447. The number of thioether (sulfide) groups is 1. The average Bonchev–Trinajstić information content (AvgIpc) is 2.98. The van der Waals surface area contributed by atoms with Gasteiger partial charge in [0.2, 0.25) is 0 Å². The monoisotopic (exact) mass is 484 g/mol. The van der Waals surface area contributed by atoms with Crippen LogP contribution in [0.2, 0.25) is 5.02 Å². The molecule has 3 nitrogen and oxygen atoms in total. The molecule has 0 aliphatic carbocycles. The Labute approximate surface area is 200 Å². The molecule has 1 heterocycles. The first kappa shape index (κ1) is 26.0. The van der Waals surface area contributed by atoms with E-state index in [0.717, 1.165) is 54.3 Å². The Bertz CT molecular complexity index is 888. The number of nitrogens with one attached hydrogen (secondary N) is 1. The fourth-order valence-corrected chi connectivity index (χ4v) is 5.31. The first-order valence-electron chi connectivity index (χ1n) is 10.8. The highest BCUT2D eigenvalue weighted by Gasteiger charge is 2.19. The molecular formula is C24H31Cl2FN2OS. The smallest absolute Gasteiger partial charge is 0.256 e. The first-order valence-corrected chi connectivity index (χ1v) is 12.1. The lowest BCUT2D eigenvalue weighted by atomic mass is 10.0. The second-order valence-electron chi connectivity index (χ2n) is 7.66. The lowest BCUT2D eigenvalue weighted by Crippen LogP contribution is -2.33. The molecule has 1 N–H and O–H groups in total. The van der Waals surface area contributed by atoms with Gasteiger partial charge >= 0.3 is 0 Å². The van der Waals surface area contributed by atoms with Gasteiger partial charge < -0.3 is 10.2 Å². The van der Waals surface area contributed by atoms with E-state index in [4.69, 9.17) is 11.6 Å². The third-order valence-corrected chi connectivity index (χ3v) is 7.01. The number of nitrogens with zero attached hydrogens (tertiary/aromatic N) is 1. The third-order valence-electron chi connectivity index (χ3n) is 5.35. The fourth-order valence-electron chi connectivity index (χ4n) is 3.87. The molecule has 1 amide bonds. The van der Waals surface area contributed by atoms with E-state index in [9.17, 15) is 9.18 Å². The normalized spacial score (nSPS) is 13.2. The molecule has 0 atom stereocenters. The van der Waals surface area contributed by atoms with Gasteiger partial charge in [-0.1, -0.05) is 37.6 Å². The van der Waals surface area contributed by atoms with Crippen LogP contribution in [0.3, 0.4) is 0 Å². The van der Waals surface area contributed by atoms with E-state index in [1.807, 2.05) is 26.0 Å². The lowest BCUT2D eigenvalue weighted by Gasteiger charge is -2.22. The predicted octanol–water partition coefficient (Wildman–Crippen LogP) is 6.14. The van der Waals surface area contributed by atoms with E-state index in [1.54, 1.807) is 22.7 Å². The van der Waals surface area contributed by atoms with Crippen LogP contribution >= 0.6 is 35.8 Å². The first-order chi connectivity index (χ1) is 14.5. The van der Waals surface area contributed by atoms with Crippen LogP contribution in [0.4, 0.5) is 4.39 Å². The molecular weight excluding hydrogens is 454 g/mol. The molecule has 0 aromatic heterocycles. The second kappa shape index (κ2) is 12.7. The molecule has 3 rings (SSSR count). The van der Waals surface area contributed by atoms with Crippen LogP contribution in [0, 0.1) is 5.82 Å². The van der Waals surface area contributed by atoms with Crippen molar-refractivity contribution in [2.75, 3.05) is 26.2 Å². The Balaban J connectivity index is 0.00000341. The van der Waals surface area contributed by atoms with Crippen molar-refractivity contribution in [1.29, 1.82) is 0 Å². The molecule has 2 aromatic carbocycles. The maximum atomic E-state index is 14.8. The molecule has 1 aliphatic rings. The average molecular weight is 485 g/mol. The molecule has 1 aliphatic heterocycles. The Morgan fingerprint density at radius 3 is 2.52 bits per heavy atom. The maximum absolute atomic E-state index is 14.8. The summed E-state index contributed by atoms with van der Waals surface area (Å²) in [7, 11) is 0. The van der Waals surface area contributed by atoms with E-state index in [0.29, 0.717) is 18.8 Å². The number of halogens is 3. The van der Waals surface area contributed by atoms with Crippen LogP contribution < -0.4 is 5.32 Å². The third kappa shape index (κ3) is 6.61. The fraction of sp³-hybridized carbons (Fsp3) is 0.458. The van der Waals surface area contributed by atoms with Gasteiger partial charge in [-0.3, -0.25) is 4.79 Å². The second-order valence-corrected chi connectivity index (χ2v) is 9.05. The van der Waals surface area contributed by atoms with E-state index in [-0.39, 0.29) is 23.9 Å². The molecule has 0 radical (unpaired) electrons. The number of hydrogen-bond donors (Lipinski definition) is 1. The Kier molecular flexibility index (Phi) is 10.6. The van der Waals surface area contributed by atoms with Gasteiger partial charge in [0, 0.05) is 23.7 Å². The van der Waals surface area contributed by atoms with E-state index >= 15 is 0 Å². The number of benzene rings is 2. The van der Waals surface area contributed by atoms with Gasteiger partial charge in [0.05, 0.1) is 10.6 Å². The minimum absolute atomic E-state index is 0. The van der Waals surface area contributed by atoms with E-state index in [2.05, 4.69) is 11.4 Å². The zero-order valence-electron chi connectivity index (χ0n) is 18.2. The number of amides is 1. The highest BCUT2D eigenvalue weighted by Crippen LogP contribution is 2.36. The quantitative estimate of drug-likeness (QED) is 0.456. The van der Waals surface area contributed by atoms with E-state index < -0.39 is 5.82 Å². The minimum Gasteiger partial charge on any atom is -0.339 e. The van der Waals surface area contributed by atoms with Crippen LogP contribution in [0.15, 0.2) is 35.2 Å². The standard InChI is InChI=1S/C24H30ClFN2OS.ClH/c1-3-13-28(14-4-2)24(29)20-7-5-17(15-22(20)26)16-30-23-19-10-12-27-11-9-18(19)6-8-21(23)25;/h5-8,15,27H,3-4,9-14,16H2,1-2H3;1H. The number of fused-ring (bicyclic) bond motifs is 1. The van der Waals surface area contributed by atoms with E-state index in [1.165, 1.54) is 17.2 Å². The molecule has 0 spiro atoms. The van der Waals surface area contributed by atoms with Crippen LogP contribution in [-0.2, 0) is 18.6 Å². The Morgan fingerprint density at radius 2 is 1.84 bits per heavy atom. The zero-order chi connectivity index (χ0) is 21.5. The summed E-state index contributed by atoms with van der Waals surface area (Å²) in [6.07, 6.45) is 3.67. The summed E-state index contributed by atoms with van der Waals surface area (Å²) in [5, 5.41) is 4.18. The predicted molar refractivity (Wildman–Crippen MR) is 131 cm³/mol. The van der Waals surface area contributed by atoms with Crippen molar-refractivity contribution in [2.24, 2.45) is 0 Å². The van der Waals surface area contributed by atoms with Crippen molar-refractivity contribution in [2.45, 2.75) is 50.2 Å². The number of carbonyl (C=O) groups is 1. The van der Waals surface area contributed by atoms with Crippen molar-refractivity contribution in [3.05, 3.63) is 63.4 Å². The maximum Gasteiger partial charge on any atom is 0.256 e. The Hall–Kier alpha value is -1.27. The summed E-state index contributed by atoms with van der Waals surface area (Å²) >= 11 is 8.16. The molecule has 0 bridgehead atoms. The van der Waals surface area contributed by atoms with Crippen LogP contribution in [0.25, 0.3) is 0 Å². The molecule has 0 saturated heterocycles. The van der Waals surface area contributed by atoms with Gasteiger partial charge in [-0.2, -0.15) is 0 Å². The van der Waals surface area contributed by atoms with Crippen molar-refractivity contribution < 1.29 is 9.18 Å². The molecule has 0 fully saturated rings. The summed E-state index contributed by atoms with van der Waals surface area (Å²) < 4.78 is 14.8. The molecule has 31 heavy (non-hydrogen) atoms. The molecule has 170 valence electrons. The van der Waals surface area contributed by atoms with Gasteiger partial charge in [-0.15, -0.1) is 24.2 Å². The summed E-state index contributed by atoms with van der Waals surface area (Å²) in [5.74, 6) is -0.0559. The lowest BCUT2D eigenvalue weighted by molar-refractivity contribution is 0.0751. The summed E-state index contributed by atoms with van der Waals surface area (Å²) in [6, 6.07) is 9.06. The summed E-state index contributed by atoms with van der Waals surface area (Å²) in [5.41, 5.74) is 3.65.